The molecule has 1 saturated heterocycles. The first-order chi connectivity index (χ1) is 11.1. The lowest BCUT2D eigenvalue weighted by atomic mass is 10.2. The minimum atomic E-state index is -1.83. The van der Waals surface area contributed by atoms with E-state index in [4.69, 9.17) is 4.74 Å². The van der Waals surface area contributed by atoms with Crippen molar-refractivity contribution in [2.24, 2.45) is 0 Å². The first-order valence-electron chi connectivity index (χ1n) is 6.70. The fourth-order valence-corrected chi connectivity index (χ4v) is 3.40. The normalized spacial score (nSPS) is 17.2. The Hall–Kier alpha value is -1.93. The van der Waals surface area contributed by atoms with Gasteiger partial charge in [-0.3, -0.25) is 13.8 Å². The zero-order chi connectivity index (χ0) is 16.4. The van der Waals surface area contributed by atoms with E-state index in [0.717, 1.165) is 9.87 Å². The molecule has 5 nitrogen and oxygen atoms in total. The van der Waals surface area contributed by atoms with Crippen molar-refractivity contribution in [1.29, 1.82) is 0 Å². The summed E-state index contributed by atoms with van der Waals surface area (Å²) in [6.45, 7) is 0.0401. The van der Waals surface area contributed by atoms with Gasteiger partial charge in [0.1, 0.15) is 24.6 Å². The summed E-state index contributed by atoms with van der Waals surface area (Å²) in [5.74, 6) is -0.837. The quantitative estimate of drug-likeness (QED) is 0.860. The third-order valence-electron chi connectivity index (χ3n) is 3.21. The molecular formula is C15H12BrFN2O3S. The maximum absolute atomic E-state index is 14.5. The Kier molecular flexibility index (Phi) is 4.63. The predicted octanol–water partition coefficient (Wildman–Crippen LogP) is 2.68. The second-order valence-corrected chi connectivity index (χ2v) is 6.79. The number of nitrogens with zero attached hydrogens (tertiary/aromatic N) is 1. The van der Waals surface area contributed by atoms with Crippen LogP contribution < -0.4 is 13.8 Å². The number of benzene rings is 2. The van der Waals surface area contributed by atoms with Gasteiger partial charge in [0.05, 0.1) is 4.47 Å². The number of ether oxygens (including phenoxy) is 1. The van der Waals surface area contributed by atoms with E-state index in [2.05, 4.69) is 20.7 Å². The minimum absolute atomic E-state index is 0.00742. The summed E-state index contributed by atoms with van der Waals surface area (Å²) in [6, 6.07) is 12.5. The molecular weight excluding hydrogens is 387 g/mol. The zero-order valence-electron chi connectivity index (χ0n) is 11.8. The summed E-state index contributed by atoms with van der Waals surface area (Å²) >= 11 is 1.27. The van der Waals surface area contributed by atoms with Gasteiger partial charge in [0.2, 0.25) is 11.2 Å². The molecule has 120 valence electrons. The van der Waals surface area contributed by atoms with Crippen LogP contribution in [0.1, 0.15) is 5.56 Å². The van der Waals surface area contributed by atoms with Gasteiger partial charge in [-0.25, -0.2) is 8.60 Å². The fourth-order valence-electron chi connectivity index (χ4n) is 2.14. The van der Waals surface area contributed by atoms with Gasteiger partial charge in [-0.15, -0.1) is 0 Å². The fraction of sp³-hybridized carbons (Fsp3) is 0.133. The molecule has 0 spiro atoms. The minimum Gasteiger partial charge on any atom is -0.487 e. The SMILES string of the molecule is O=C1CN(c2c(OCc3ccccc3)ccc(Br)c2F)S(=O)N1. The lowest BCUT2D eigenvalue weighted by Crippen LogP contribution is -2.24. The van der Waals surface area contributed by atoms with Crippen molar-refractivity contribution in [3.05, 3.63) is 58.3 Å². The molecule has 1 atom stereocenters. The van der Waals surface area contributed by atoms with E-state index in [0.29, 0.717) is 0 Å². The Morgan fingerprint density at radius 3 is 2.65 bits per heavy atom. The van der Waals surface area contributed by atoms with Gasteiger partial charge in [0, 0.05) is 0 Å². The first-order valence-corrected chi connectivity index (χ1v) is 8.60. The highest BCUT2D eigenvalue weighted by molar-refractivity contribution is 9.10. The van der Waals surface area contributed by atoms with E-state index >= 15 is 0 Å². The average molecular weight is 399 g/mol. The summed E-state index contributed by atoms with van der Waals surface area (Å²) < 4.78 is 35.7. The molecule has 1 N–H and O–H groups in total. The van der Waals surface area contributed by atoms with Crippen molar-refractivity contribution in [1.82, 2.24) is 4.72 Å². The second-order valence-electron chi connectivity index (χ2n) is 4.79. The van der Waals surface area contributed by atoms with Crippen LogP contribution in [0.25, 0.3) is 0 Å². The largest absolute Gasteiger partial charge is 0.487 e. The van der Waals surface area contributed by atoms with Crippen LogP contribution in [-0.2, 0) is 22.6 Å². The molecule has 0 radical (unpaired) electrons. The molecule has 0 aliphatic carbocycles. The Morgan fingerprint density at radius 1 is 1.26 bits per heavy atom. The van der Waals surface area contributed by atoms with Gasteiger partial charge < -0.3 is 4.74 Å². The number of carbonyl (C=O) groups is 1. The molecule has 1 fully saturated rings. The van der Waals surface area contributed by atoms with Gasteiger partial charge in [0.25, 0.3) is 5.91 Å². The molecule has 1 aliphatic heterocycles. The van der Waals surface area contributed by atoms with E-state index in [1.807, 2.05) is 30.3 Å². The van der Waals surface area contributed by atoms with Crippen LogP contribution in [0.2, 0.25) is 0 Å². The highest BCUT2D eigenvalue weighted by atomic mass is 79.9. The van der Waals surface area contributed by atoms with Crippen molar-refractivity contribution in [3.8, 4) is 5.75 Å². The molecule has 3 rings (SSSR count). The number of hydrogen-bond acceptors (Lipinski definition) is 3. The van der Waals surface area contributed by atoms with Crippen LogP contribution in [0, 0.1) is 5.82 Å². The topological polar surface area (TPSA) is 58.6 Å². The molecule has 2 aromatic rings. The van der Waals surface area contributed by atoms with E-state index < -0.39 is 22.9 Å². The van der Waals surface area contributed by atoms with Crippen LogP contribution in [0.4, 0.5) is 10.1 Å². The molecule has 0 aromatic heterocycles. The highest BCUT2D eigenvalue weighted by Gasteiger charge is 2.32. The molecule has 1 heterocycles. The summed E-state index contributed by atoms with van der Waals surface area (Å²) in [4.78, 5) is 11.4. The van der Waals surface area contributed by atoms with Crippen LogP contribution in [0.5, 0.6) is 5.75 Å². The number of hydrogen-bond donors (Lipinski definition) is 1. The lowest BCUT2D eigenvalue weighted by Gasteiger charge is -2.19. The van der Waals surface area contributed by atoms with Crippen molar-refractivity contribution < 1.29 is 18.1 Å². The van der Waals surface area contributed by atoms with Gasteiger partial charge in [-0.05, 0) is 33.6 Å². The first kappa shape index (κ1) is 15.9. The number of carbonyl (C=O) groups excluding carboxylic acids is 1. The maximum atomic E-state index is 14.5. The molecule has 8 heteroatoms. The summed E-state index contributed by atoms with van der Waals surface area (Å²) in [5, 5.41) is 0. The molecule has 0 saturated carbocycles. The van der Waals surface area contributed by atoms with Crippen molar-refractivity contribution in [3.63, 3.8) is 0 Å². The van der Waals surface area contributed by atoms with Crippen molar-refractivity contribution in [2.45, 2.75) is 6.61 Å². The standard InChI is InChI=1S/C15H12BrFN2O3S/c16-11-6-7-12(22-9-10-4-2-1-3-5-10)15(14(11)17)19-8-13(20)18-23(19)21/h1-7H,8-9H2,(H,18,20). The van der Waals surface area contributed by atoms with Crippen LogP contribution in [0.15, 0.2) is 46.9 Å². The Labute approximate surface area is 143 Å². The van der Waals surface area contributed by atoms with E-state index in [9.17, 15) is 13.4 Å². The zero-order valence-corrected chi connectivity index (χ0v) is 14.2. The maximum Gasteiger partial charge on any atom is 0.253 e. The van der Waals surface area contributed by atoms with Crippen molar-refractivity contribution >= 4 is 38.7 Å². The van der Waals surface area contributed by atoms with Crippen LogP contribution in [-0.4, -0.2) is 16.7 Å². The molecule has 1 unspecified atom stereocenters. The number of amides is 1. The van der Waals surface area contributed by atoms with Crippen LogP contribution >= 0.6 is 15.9 Å². The van der Waals surface area contributed by atoms with Crippen LogP contribution in [0.3, 0.4) is 0 Å². The third-order valence-corrected chi connectivity index (χ3v) is 4.93. The number of anilines is 1. The van der Waals surface area contributed by atoms with E-state index in [1.165, 1.54) is 6.07 Å². The Bertz CT molecular complexity index is 773. The van der Waals surface area contributed by atoms with E-state index in [-0.39, 0.29) is 29.1 Å². The number of halogens is 2. The van der Waals surface area contributed by atoms with Crippen molar-refractivity contribution in [2.75, 3.05) is 10.8 Å². The summed E-state index contributed by atoms with van der Waals surface area (Å²) in [5.41, 5.74) is 0.908. The molecule has 2 aromatic carbocycles. The lowest BCUT2D eigenvalue weighted by molar-refractivity contribution is -0.117. The molecule has 1 aliphatic rings. The smallest absolute Gasteiger partial charge is 0.253 e. The van der Waals surface area contributed by atoms with Gasteiger partial charge in [-0.2, -0.15) is 0 Å². The summed E-state index contributed by atoms with van der Waals surface area (Å²) in [7, 11) is 0. The monoisotopic (exact) mass is 398 g/mol. The molecule has 1 amide bonds. The number of rotatable bonds is 4. The van der Waals surface area contributed by atoms with E-state index in [1.54, 1.807) is 6.07 Å². The predicted molar refractivity (Wildman–Crippen MR) is 88.5 cm³/mol. The molecule has 0 bridgehead atoms. The number of nitrogens with one attached hydrogen (secondary N) is 1. The average Bonchev–Trinajstić information content (AvgIpc) is 2.87. The van der Waals surface area contributed by atoms with Gasteiger partial charge in [0.15, 0.2) is 5.82 Å². The third kappa shape index (κ3) is 3.37. The summed E-state index contributed by atoms with van der Waals surface area (Å²) in [6.07, 6.45) is 0. The molecule has 23 heavy (non-hydrogen) atoms. The second kappa shape index (κ2) is 6.67. The van der Waals surface area contributed by atoms with Gasteiger partial charge in [-0.1, -0.05) is 30.3 Å². The van der Waals surface area contributed by atoms with Gasteiger partial charge >= 0.3 is 0 Å². The highest BCUT2D eigenvalue weighted by Crippen LogP contribution is 2.37. The Morgan fingerprint density at radius 2 is 2.00 bits per heavy atom. The Balaban J connectivity index is 1.92.